The van der Waals surface area contributed by atoms with Crippen molar-refractivity contribution >= 4 is 31.6 Å². The highest BCUT2D eigenvalue weighted by molar-refractivity contribution is 9.10. The molecule has 2 N–H and O–H groups in total. The first-order valence-corrected chi connectivity index (χ1v) is 9.10. The van der Waals surface area contributed by atoms with E-state index in [-0.39, 0.29) is 11.4 Å². The molecule has 0 aliphatic heterocycles. The fraction of sp³-hybridized carbons (Fsp3) is 0.538. The van der Waals surface area contributed by atoms with E-state index in [0.717, 1.165) is 19.0 Å². The van der Waals surface area contributed by atoms with Crippen LogP contribution in [0.15, 0.2) is 22.7 Å². The molecule has 0 amide bonds. The number of anilines is 1. The smallest absolute Gasteiger partial charge is 0.232 e. The number of unbranched alkanes of at least 4 members (excludes halogenated alkanes) is 1. The van der Waals surface area contributed by atoms with E-state index >= 15 is 0 Å². The van der Waals surface area contributed by atoms with E-state index in [4.69, 9.17) is 0 Å². The van der Waals surface area contributed by atoms with Crippen molar-refractivity contribution in [3.05, 3.63) is 28.5 Å². The second-order valence-corrected chi connectivity index (χ2v) is 7.68. The summed E-state index contributed by atoms with van der Waals surface area (Å²) in [7, 11) is -3.41. The number of benzene rings is 1. The third kappa shape index (κ3) is 5.38. The van der Waals surface area contributed by atoms with Gasteiger partial charge in [0.2, 0.25) is 10.0 Å². The van der Waals surface area contributed by atoms with Crippen molar-refractivity contribution in [1.29, 1.82) is 0 Å². The summed E-state index contributed by atoms with van der Waals surface area (Å²) in [4.78, 5) is 0. The van der Waals surface area contributed by atoms with Gasteiger partial charge < -0.3 is 5.32 Å². The Bertz CT molecular complexity index is 561. The summed E-state index contributed by atoms with van der Waals surface area (Å²) in [6, 6.07) is 4.82. The first kappa shape index (κ1) is 15.7. The van der Waals surface area contributed by atoms with Crippen LogP contribution in [-0.2, 0) is 10.0 Å². The van der Waals surface area contributed by atoms with Gasteiger partial charge in [0.05, 0.1) is 15.9 Å². The summed E-state index contributed by atoms with van der Waals surface area (Å²) in [5.74, 6) is -0.435. The predicted molar refractivity (Wildman–Crippen MR) is 81.8 cm³/mol. The van der Waals surface area contributed by atoms with Crippen LogP contribution in [-0.4, -0.2) is 26.8 Å². The molecule has 7 heteroatoms. The maximum Gasteiger partial charge on any atom is 0.232 e. The van der Waals surface area contributed by atoms with Crippen LogP contribution in [0.5, 0.6) is 0 Å². The third-order valence-electron chi connectivity index (χ3n) is 3.04. The largest absolute Gasteiger partial charge is 0.314 e. The molecule has 0 spiro atoms. The van der Waals surface area contributed by atoms with Gasteiger partial charge in [0, 0.05) is 6.04 Å². The van der Waals surface area contributed by atoms with E-state index in [1.54, 1.807) is 0 Å². The Morgan fingerprint density at radius 1 is 1.30 bits per heavy atom. The van der Waals surface area contributed by atoms with E-state index in [0.29, 0.717) is 16.9 Å². The van der Waals surface area contributed by atoms with Crippen LogP contribution in [0.3, 0.4) is 0 Å². The topological polar surface area (TPSA) is 58.2 Å². The molecule has 0 radical (unpaired) electrons. The number of hydrogen-bond acceptors (Lipinski definition) is 3. The number of sulfonamides is 1. The fourth-order valence-corrected chi connectivity index (χ4v) is 3.22. The van der Waals surface area contributed by atoms with Gasteiger partial charge in [-0.05, 0) is 66.4 Å². The minimum absolute atomic E-state index is 0.0526. The molecule has 0 saturated heterocycles. The lowest BCUT2D eigenvalue weighted by molar-refractivity contribution is 0.590. The lowest BCUT2D eigenvalue weighted by Gasteiger charge is -2.08. The molecule has 20 heavy (non-hydrogen) atoms. The standard InChI is InChI=1S/C13H18BrFN2O2S/c14-12-6-5-11(9-13(12)15)17-20(18,19)8-2-1-7-16-10-3-4-10/h5-6,9-10,16-17H,1-4,7-8H2. The lowest BCUT2D eigenvalue weighted by Crippen LogP contribution is -2.20. The molecule has 1 saturated carbocycles. The van der Waals surface area contributed by atoms with Gasteiger partial charge in [0.15, 0.2) is 0 Å². The van der Waals surface area contributed by atoms with Crippen LogP contribution in [0.25, 0.3) is 0 Å². The first-order valence-electron chi connectivity index (χ1n) is 6.65. The zero-order valence-electron chi connectivity index (χ0n) is 11.0. The van der Waals surface area contributed by atoms with Crippen LogP contribution in [0.1, 0.15) is 25.7 Å². The highest BCUT2D eigenvalue weighted by Crippen LogP contribution is 2.20. The van der Waals surface area contributed by atoms with E-state index in [1.165, 1.54) is 25.0 Å². The quantitative estimate of drug-likeness (QED) is 0.697. The summed E-state index contributed by atoms with van der Waals surface area (Å²) in [5, 5.41) is 3.34. The van der Waals surface area contributed by atoms with Gasteiger partial charge in [-0.3, -0.25) is 4.72 Å². The summed E-state index contributed by atoms with van der Waals surface area (Å²) in [6.07, 6.45) is 3.88. The molecule has 0 unspecified atom stereocenters. The number of hydrogen-bond donors (Lipinski definition) is 2. The summed E-state index contributed by atoms with van der Waals surface area (Å²) in [6.45, 7) is 0.854. The van der Waals surface area contributed by atoms with Crippen LogP contribution in [0, 0.1) is 5.82 Å². The summed E-state index contributed by atoms with van der Waals surface area (Å²) in [5.41, 5.74) is 0.252. The Morgan fingerprint density at radius 3 is 2.70 bits per heavy atom. The monoisotopic (exact) mass is 364 g/mol. The molecule has 1 aliphatic carbocycles. The molecule has 0 bridgehead atoms. The minimum Gasteiger partial charge on any atom is -0.314 e. The number of rotatable bonds is 8. The zero-order valence-corrected chi connectivity index (χ0v) is 13.4. The molecule has 112 valence electrons. The summed E-state index contributed by atoms with van der Waals surface area (Å²) < 4.78 is 39.7. The van der Waals surface area contributed by atoms with E-state index < -0.39 is 15.8 Å². The lowest BCUT2D eigenvalue weighted by atomic mass is 10.3. The second-order valence-electron chi connectivity index (χ2n) is 4.99. The molecular formula is C13H18BrFN2O2S. The maximum atomic E-state index is 13.3. The minimum atomic E-state index is -3.41. The number of nitrogens with one attached hydrogen (secondary N) is 2. The Labute approximate surface area is 127 Å². The molecular weight excluding hydrogens is 347 g/mol. The molecule has 1 aliphatic rings. The Hall–Kier alpha value is -0.660. The normalized spacial score (nSPS) is 15.3. The maximum absolute atomic E-state index is 13.3. The van der Waals surface area contributed by atoms with Gasteiger partial charge in [-0.1, -0.05) is 0 Å². The van der Waals surface area contributed by atoms with Gasteiger partial charge in [-0.15, -0.1) is 0 Å². The van der Waals surface area contributed by atoms with Crippen molar-refractivity contribution in [3.63, 3.8) is 0 Å². The summed E-state index contributed by atoms with van der Waals surface area (Å²) >= 11 is 3.03. The van der Waals surface area contributed by atoms with E-state index in [2.05, 4.69) is 26.0 Å². The highest BCUT2D eigenvalue weighted by atomic mass is 79.9. The van der Waals surface area contributed by atoms with Gasteiger partial charge in [-0.25, -0.2) is 12.8 Å². The van der Waals surface area contributed by atoms with Crippen LogP contribution in [0.2, 0.25) is 0 Å². The average molecular weight is 365 g/mol. The van der Waals surface area contributed by atoms with E-state index in [9.17, 15) is 12.8 Å². The van der Waals surface area contributed by atoms with Gasteiger partial charge >= 0.3 is 0 Å². The van der Waals surface area contributed by atoms with Crippen LogP contribution >= 0.6 is 15.9 Å². The first-order chi connectivity index (χ1) is 9.46. The van der Waals surface area contributed by atoms with Crippen molar-refractivity contribution in [3.8, 4) is 0 Å². The van der Waals surface area contributed by atoms with Gasteiger partial charge in [0.25, 0.3) is 0 Å². The van der Waals surface area contributed by atoms with Crippen molar-refractivity contribution in [1.82, 2.24) is 5.32 Å². The zero-order chi connectivity index (χ0) is 14.6. The Morgan fingerprint density at radius 2 is 2.05 bits per heavy atom. The predicted octanol–water partition coefficient (Wildman–Crippen LogP) is 2.86. The fourth-order valence-electron chi connectivity index (χ4n) is 1.80. The Balaban J connectivity index is 1.75. The van der Waals surface area contributed by atoms with Crippen molar-refractivity contribution in [2.75, 3.05) is 17.0 Å². The van der Waals surface area contributed by atoms with Crippen LogP contribution < -0.4 is 10.0 Å². The van der Waals surface area contributed by atoms with Gasteiger partial charge in [-0.2, -0.15) is 0 Å². The SMILES string of the molecule is O=S(=O)(CCCCNC1CC1)Nc1ccc(Br)c(F)c1. The third-order valence-corrected chi connectivity index (χ3v) is 5.06. The van der Waals surface area contributed by atoms with Crippen molar-refractivity contribution < 1.29 is 12.8 Å². The highest BCUT2D eigenvalue weighted by Gasteiger charge is 2.19. The Kier molecular flexibility index (Phi) is 5.40. The molecule has 0 heterocycles. The molecule has 1 fully saturated rings. The van der Waals surface area contributed by atoms with Gasteiger partial charge in [0.1, 0.15) is 5.82 Å². The van der Waals surface area contributed by atoms with Crippen molar-refractivity contribution in [2.45, 2.75) is 31.7 Å². The molecule has 0 aromatic heterocycles. The second kappa shape index (κ2) is 6.87. The average Bonchev–Trinajstić information content (AvgIpc) is 3.17. The molecule has 2 rings (SSSR count). The molecule has 1 aromatic carbocycles. The molecule has 1 aromatic rings. The van der Waals surface area contributed by atoms with Crippen molar-refractivity contribution in [2.24, 2.45) is 0 Å². The molecule has 4 nitrogen and oxygen atoms in total. The van der Waals surface area contributed by atoms with E-state index in [1.807, 2.05) is 0 Å². The molecule has 0 atom stereocenters. The van der Waals surface area contributed by atoms with Crippen LogP contribution in [0.4, 0.5) is 10.1 Å². The number of halogens is 2.